The average Bonchev–Trinajstić information content (AvgIpc) is 3.16. The zero-order valence-corrected chi connectivity index (χ0v) is 19.5. The highest BCUT2D eigenvalue weighted by Gasteiger charge is 2.29. The molecule has 3 heterocycles. The summed E-state index contributed by atoms with van der Waals surface area (Å²) in [4.78, 5) is 16.4. The van der Waals surface area contributed by atoms with E-state index in [9.17, 15) is 13.2 Å². The van der Waals surface area contributed by atoms with E-state index >= 15 is 0 Å². The first kappa shape index (κ1) is 23.5. The number of amides is 1. The van der Waals surface area contributed by atoms with Gasteiger partial charge in [0.25, 0.3) is 5.91 Å². The van der Waals surface area contributed by atoms with Crippen LogP contribution < -0.4 is 20.5 Å². The highest BCUT2D eigenvalue weighted by atomic mass is 32.2. The Morgan fingerprint density at radius 3 is 2.56 bits per heavy atom. The van der Waals surface area contributed by atoms with E-state index in [0.717, 1.165) is 17.4 Å². The second-order valence-electron chi connectivity index (χ2n) is 8.39. The Hall–Kier alpha value is -3.18. The number of hydrogen-bond donors (Lipinski definition) is 3. The molecule has 10 nitrogen and oxygen atoms in total. The van der Waals surface area contributed by atoms with Gasteiger partial charge in [0, 0.05) is 42.2 Å². The molecule has 4 N–H and O–H groups in total. The van der Waals surface area contributed by atoms with Crippen LogP contribution in [0, 0.1) is 5.41 Å². The number of aromatic nitrogens is 3. The molecule has 3 aromatic heterocycles. The summed E-state index contributed by atoms with van der Waals surface area (Å²) in [5.41, 5.74) is 8.27. The Kier molecular flexibility index (Phi) is 6.42. The number of carbonyl (C=O) groups is 1. The van der Waals surface area contributed by atoms with Crippen LogP contribution in [-0.4, -0.2) is 54.9 Å². The normalized spacial score (nSPS) is 13.2. The molecule has 0 spiro atoms. The molecule has 11 heteroatoms. The smallest absolute Gasteiger partial charge is 0.252 e. The second-order valence-corrected chi connectivity index (χ2v) is 10.2. The van der Waals surface area contributed by atoms with Gasteiger partial charge in [-0.3, -0.25) is 4.79 Å². The number of ether oxygens (including phenoxy) is 1. The van der Waals surface area contributed by atoms with Crippen LogP contribution in [-0.2, 0) is 10.0 Å². The summed E-state index contributed by atoms with van der Waals surface area (Å²) in [6.45, 7) is 6.00. The predicted octanol–water partition coefficient (Wildman–Crippen LogP) is 1.88. The molecule has 1 unspecified atom stereocenters. The van der Waals surface area contributed by atoms with Gasteiger partial charge in [-0.05, 0) is 24.5 Å². The second kappa shape index (κ2) is 8.75. The number of rotatable bonds is 9. The summed E-state index contributed by atoms with van der Waals surface area (Å²) < 4.78 is 32.4. The summed E-state index contributed by atoms with van der Waals surface area (Å²) >= 11 is 0. The molecule has 0 saturated carbocycles. The lowest BCUT2D eigenvalue weighted by Gasteiger charge is -2.33. The van der Waals surface area contributed by atoms with E-state index in [0.29, 0.717) is 17.1 Å². The highest BCUT2D eigenvalue weighted by molar-refractivity contribution is 7.88. The molecule has 0 aliphatic carbocycles. The Morgan fingerprint density at radius 2 is 2.00 bits per heavy atom. The number of pyridine rings is 1. The third-order valence-electron chi connectivity index (χ3n) is 5.50. The Balaban J connectivity index is 2.00. The van der Waals surface area contributed by atoms with Crippen LogP contribution in [0.3, 0.4) is 0 Å². The fraction of sp³-hybridized carbons (Fsp3) is 0.381. The minimum Gasteiger partial charge on any atom is -0.481 e. The molecular weight excluding hydrogens is 432 g/mol. The van der Waals surface area contributed by atoms with Gasteiger partial charge in [-0.1, -0.05) is 13.8 Å². The standard InChI is InChI=1S/C21H28N6O4S/c1-13(21(2,3)12-25-32(5,29)30)26-19-16(20(22)28)10-24-27-11-15(8-17(19)27)14-6-7-18(31-4)23-9-14/h6-11,13,25-26H,12H2,1-5H3,(H2,22,28). The van der Waals surface area contributed by atoms with Crippen molar-refractivity contribution in [1.29, 1.82) is 0 Å². The number of methoxy groups -OCH3 is 1. The summed E-state index contributed by atoms with van der Waals surface area (Å²) in [7, 11) is -1.78. The van der Waals surface area contributed by atoms with Crippen molar-refractivity contribution in [2.45, 2.75) is 26.8 Å². The van der Waals surface area contributed by atoms with Crippen molar-refractivity contribution in [1.82, 2.24) is 19.3 Å². The number of nitrogens with one attached hydrogen (secondary N) is 2. The minimum atomic E-state index is -3.33. The quantitative estimate of drug-likeness (QED) is 0.443. The molecule has 0 aliphatic rings. The van der Waals surface area contributed by atoms with Gasteiger partial charge in [0.1, 0.15) is 0 Å². The van der Waals surface area contributed by atoms with E-state index < -0.39 is 21.3 Å². The molecule has 1 atom stereocenters. The number of anilines is 1. The molecule has 0 aromatic carbocycles. The fourth-order valence-corrected chi connectivity index (χ4v) is 3.74. The molecule has 0 radical (unpaired) electrons. The summed E-state index contributed by atoms with van der Waals surface area (Å²) in [6, 6.07) is 5.31. The van der Waals surface area contributed by atoms with Gasteiger partial charge in [-0.15, -0.1) is 0 Å². The maximum Gasteiger partial charge on any atom is 0.252 e. The molecule has 1 amide bonds. The molecule has 0 bridgehead atoms. The van der Waals surface area contributed by atoms with Crippen molar-refractivity contribution >= 4 is 27.1 Å². The molecule has 172 valence electrons. The highest BCUT2D eigenvalue weighted by Crippen LogP contribution is 2.31. The molecule has 0 aliphatic heterocycles. The number of fused-ring (bicyclic) bond motifs is 1. The van der Waals surface area contributed by atoms with Crippen LogP contribution in [0.15, 0.2) is 36.8 Å². The third-order valence-corrected chi connectivity index (χ3v) is 6.17. The van der Waals surface area contributed by atoms with E-state index in [2.05, 4.69) is 20.1 Å². The van der Waals surface area contributed by atoms with E-state index in [4.69, 9.17) is 10.5 Å². The SMILES string of the molecule is COc1ccc(-c2cc3c(NC(C)C(C)(C)CNS(C)(=O)=O)c(C(N)=O)cnn3c2)cn1. The largest absolute Gasteiger partial charge is 0.481 e. The van der Waals surface area contributed by atoms with Crippen molar-refractivity contribution in [3.63, 3.8) is 0 Å². The van der Waals surface area contributed by atoms with Gasteiger partial charge in [-0.2, -0.15) is 5.10 Å². The number of primary amides is 1. The van der Waals surface area contributed by atoms with Gasteiger partial charge in [-0.25, -0.2) is 22.6 Å². The Bertz CT molecular complexity index is 1240. The number of nitrogens with zero attached hydrogens (tertiary/aromatic N) is 3. The van der Waals surface area contributed by atoms with Gasteiger partial charge in [0.15, 0.2) is 0 Å². The number of sulfonamides is 1. The molecule has 0 fully saturated rings. The van der Waals surface area contributed by atoms with Crippen LogP contribution in [0.5, 0.6) is 5.88 Å². The van der Waals surface area contributed by atoms with Crippen LogP contribution in [0.4, 0.5) is 5.69 Å². The van der Waals surface area contributed by atoms with E-state index in [-0.39, 0.29) is 18.2 Å². The number of hydrogen-bond acceptors (Lipinski definition) is 7. The van der Waals surface area contributed by atoms with Crippen molar-refractivity contribution in [2.24, 2.45) is 11.1 Å². The van der Waals surface area contributed by atoms with Crippen molar-refractivity contribution in [3.05, 3.63) is 42.4 Å². The first-order valence-electron chi connectivity index (χ1n) is 9.94. The molecule has 3 aromatic rings. The van der Waals surface area contributed by atoms with Crippen LogP contribution in [0.25, 0.3) is 16.6 Å². The zero-order valence-electron chi connectivity index (χ0n) is 18.7. The van der Waals surface area contributed by atoms with Crippen LogP contribution in [0.1, 0.15) is 31.1 Å². The number of carbonyl (C=O) groups excluding carboxylic acids is 1. The zero-order chi connectivity index (χ0) is 23.7. The lowest BCUT2D eigenvalue weighted by molar-refractivity contribution is 0.100. The fourth-order valence-electron chi connectivity index (χ4n) is 3.11. The molecule has 0 saturated heterocycles. The van der Waals surface area contributed by atoms with Gasteiger partial charge >= 0.3 is 0 Å². The van der Waals surface area contributed by atoms with E-state index in [1.165, 1.54) is 6.20 Å². The van der Waals surface area contributed by atoms with Crippen molar-refractivity contribution in [2.75, 3.05) is 25.2 Å². The molecular formula is C21H28N6O4S. The Morgan fingerprint density at radius 1 is 1.28 bits per heavy atom. The van der Waals surface area contributed by atoms with E-state index in [1.54, 1.807) is 23.9 Å². The van der Waals surface area contributed by atoms with Gasteiger partial charge in [0.05, 0.1) is 36.3 Å². The lowest BCUT2D eigenvalue weighted by atomic mass is 9.85. The monoisotopic (exact) mass is 460 g/mol. The van der Waals surface area contributed by atoms with Gasteiger partial charge in [0.2, 0.25) is 15.9 Å². The van der Waals surface area contributed by atoms with Crippen molar-refractivity contribution < 1.29 is 17.9 Å². The van der Waals surface area contributed by atoms with Gasteiger partial charge < -0.3 is 15.8 Å². The average molecular weight is 461 g/mol. The predicted molar refractivity (Wildman–Crippen MR) is 123 cm³/mol. The topological polar surface area (TPSA) is 141 Å². The van der Waals surface area contributed by atoms with Crippen molar-refractivity contribution in [3.8, 4) is 17.0 Å². The number of nitrogens with two attached hydrogens (primary N) is 1. The summed E-state index contributed by atoms with van der Waals surface area (Å²) in [5, 5.41) is 7.68. The van der Waals surface area contributed by atoms with Crippen LogP contribution in [0.2, 0.25) is 0 Å². The third kappa shape index (κ3) is 5.17. The maximum atomic E-state index is 12.1. The molecule has 32 heavy (non-hydrogen) atoms. The first-order chi connectivity index (χ1) is 14.9. The maximum absolute atomic E-state index is 12.1. The summed E-state index contributed by atoms with van der Waals surface area (Å²) in [5.74, 6) is -0.108. The molecule has 3 rings (SSSR count). The Labute approximate surface area is 187 Å². The lowest BCUT2D eigenvalue weighted by Crippen LogP contribution is -2.43. The minimum absolute atomic E-state index is 0.219. The first-order valence-corrected chi connectivity index (χ1v) is 11.8. The van der Waals surface area contributed by atoms with E-state index in [1.807, 2.05) is 39.1 Å². The summed E-state index contributed by atoms with van der Waals surface area (Å²) in [6.07, 6.45) is 6.06. The van der Waals surface area contributed by atoms with Crippen LogP contribution >= 0.6 is 0 Å².